The van der Waals surface area contributed by atoms with Gasteiger partial charge in [-0.15, -0.1) is 0 Å². The molecule has 1 N–H and O–H groups in total. The summed E-state index contributed by atoms with van der Waals surface area (Å²) in [5.41, 5.74) is 1.40. The molecule has 1 heterocycles. The van der Waals surface area contributed by atoms with Crippen LogP contribution in [0.4, 0.5) is 5.69 Å². The van der Waals surface area contributed by atoms with Crippen LogP contribution < -0.4 is 5.32 Å². The molecule has 0 aliphatic carbocycles. The Hall–Kier alpha value is -1.72. The SMILES string of the molecule is CC(=O)Nc1ccc(C(=O)C(C)N2CCN(C)CC2)cc1. The van der Waals surface area contributed by atoms with Gasteiger partial charge in [-0.3, -0.25) is 14.5 Å². The van der Waals surface area contributed by atoms with Gasteiger partial charge in [0.15, 0.2) is 5.78 Å². The van der Waals surface area contributed by atoms with E-state index in [-0.39, 0.29) is 17.7 Å². The Morgan fingerprint density at radius 3 is 2.19 bits per heavy atom. The van der Waals surface area contributed by atoms with Crippen LogP contribution in [0.3, 0.4) is 0 Å². The van der Waals surface area contributed by atoms with E-state index in [0.29, 0.717) is 11.3 Å². The van der Waals surface area contributed by atoms with Gasteiger partial charge >= 0.3 is 0 Å². The first-order chi connectivity index (χ1) is 9.97. The third-order valence-electron chi connectivity index (χ3n) is 3.95. The highest BCUT2D eigenvalue weighted by molar-refractivity contribution is 6.00. The normalized spacial score (nSPS) is 18.2. The van der Waals surface area contributed by atoms with Crippen molar-refractivity contribution in [1.82, 2.24) is 9.80 Å². The lowest BCUT2D eigenvalue weighted by Crippen LogP contribution is -2.50. The molecule has 2 rings (SSSR count). The van der Waals surface area contributed by atoms with E-state index >= 15 is 0 Å². The Morgan fingerprint density at radius 2 is 1.67 bits per heavy atom. The van der Waals surface area contributed by atoms with Crippen molar-refractivity contribution in [2.75, 3.05) is 38.5 Å². The number of piperazine rings is 1. The first kappa shape index (κ1) is 15.7. The summed E-state index contributed by atoms with van der Waals surface area (Å²) in [5.74, 6) is 0.0220. The fourth-order valence-corrected chi connectivity index (χ4v) is 2.54. The minimum Gasteiger partial charge on any atom is -0.326 e. The summed E-state index contributed by atoms with van der Waals surface area (Å²) in [6, 6.07) is 6.99. The second-order valence-corrected chi connectivity index (χ2v) is 5.64. The third kappa shape index (κ3) is 4.12. The van der Waals surface area contributed by atoms with Crippen molar-refractivity contribution in [2.24, 2.45) is 0 Å². The molecule has 5 heteroatoms. The number of anilines is 1. The maximum atomic E-state index is 12.5. The second-order valence-electron chi connectivity index (χ2n) is 5.64. The molecule has 1 aromatic rings. The average molecular weight is 289 g/mol. The number of ketones is 1. The second kappa shape index (κ2) is 6.83. The monoisotopic (exact) mass is 289 g/mol. The molecular weight excluding hydrogens is 266 g/mol. The van der Waals surface area contributed by atoms with Crippen molar-refractivity contribution >= 4 is 17.4 Å². The van der Waals surface area contributed by atoms with Crippen LogP contribution in [0.1, 0.15) is 24.2 Å². The largest absolute Gasteiger partial charge is 0.326 e. The van der Waals surface area contributed by atoms with Crippen LogP contribution in [0.15, 0.2) is 24.3 Å². The van der Waals surface area contributed by atoms with Crippen molar-refractivity contribution in [1.29, 1.82) is 0 Å². The molecule has 21 heavy (non-hydrogen) atoms. The number of nitrogens with one attached hydrogen (secondary N) is 1. The molecule has 1 aliphatic rings. The molecule has 0 aromatic heterocycles. The van der Waals surface area contributed by atoms with Crippen molar-refractivity contribution in [3.05, 3.63) is 29.8 Å². The van der Waals surface area contributed by atoms with Gasteiger partial charge in [-0.1, -0.05) is 0 Å². The molecule has 1 atom stereocenters. The minimum atomic E-state index is -0.111. The molecule has 0 spiro atoms. The zero-order valence-corrected chi connectivity index (χ0v) is 12.9. The van der Waals surface area contributed by atoms with Gasteiger partial charge in [0.2, 0.25) is 5.91 Å². The molecule has 5 nitrogen and oxygen atoms in total. The lowest BCUT2D eigenvalue weighted by molar-refractivity contribution is -0.114. The number of benzene rings is 1. The number of hydrogen-bond donors (Lipinski definition) is 1. The van der Waals surface area contributed by atoms with Gasteiger partial charge in [0.25, 0.3) is 0 Å². The highest BCUT2D eigenvalue weighted by Gasteiger charge is 2.25. The molecular formula is C16H23N3O2. The van der Waals surface area contributed by atoms with Crippen molar-refractivity contribution in [3.63, 3.8) is 0 Å². The van der Waals surface area contributed by atoms with E-state index in [4.69, 9.17) is 0 Å². The van der Waals surface area contributed by atoms with Gasteiger partial charge in [0.1, 0.15) is 0 Å². The summed E-state index contributed by atoms with van der Waals surface area (Å²) in [6.07, 6.45) is 0. The Morgan fingerprint density at radius 1 is 1.10 bits per heavy atom. The van der Waals surface area contributed by atoms with Crippen LogP contribution in [0.5, 0.6) is 0 Å². The van der Waals surface area contributed by atoms with E-state index in [0.717, 1.165) is 26.2 Å². The summed E-state index contributed by atoms with van der Waals surface area (Å²) in [5, 5.41) is 2.70. The third-order valence-corrected chi connectivity index (χ3v) is 3.95. The lowest BCUT2D eigenvalue weighted by Gasteiger charge is -2.35. The molecule has 1 unspecified atom stereocenters. The van der Waals surface area contributed by atoms with E-state index < -0.39 is 0 Å². The Bertz CT molecular complexity index is 505. The molecule has 0 saturated carbocycles. The van der Waals surface area contributed by atoms with Crippen LogP contribution in [0, 0.1) is 0 Å². The average Bonchev–Trinajstić information content (AvgIpc) is 2.47. The number of rotatable bonds is 4. The number of Topliss-reactive ketones (excluding diaryl/α,β-unsaturated/α-hetero) is 1. The van der Waals surface area contributed by atoms with Crippen molar-refractivity contribution in [3.8, 4) is 0 Å². The van der Waals surface area contributed by atoms with Crippen LogP contribution in [0.2, 0.25) is 0 Å². The Balaban J connectivity index is 2.00. The lowest BCUT2D eigenvalue weighted by atomic mass is 10.0. The quantitative estimate of drug-likeness (QED) is 0.853. The molecule has 1 amide bonds. The minimum absolute atomic E-state index is 0.106. The summed E-state index contributed by atoms with van der Waals surface area (Å²) in [6.45, 7) is 7.28. The first-order valence-corrected chi connectivity index (χ1v) is 7.32. The summed E-state index contributed by atoms with van der Waals surface area (Å²) in [4.78, 5) is 28.0. The number of carbonyl (C=O) groups is 2. The number of amides is 1. The van der Waals surface area contributed by atoms with Crippen LogP contribution in [0.25, 0.3) is 0 Å². The highest BCUT2D eigenvalue weighted by Crippen LogP contribution is 2.14. The van der Waals surface area contributed by atoms with E-state index in [9.17, 15) is 9.59 Å². The number of carbonyl (C=O) groups excluding carboxylic acids is 2. The molecule has 0 radical (unpaired) electrons. The fourth-order valence-electron chi connectivity index (χ4n) is 2.54. The zero-order valence-electron chi connectivity index (χ0n) is 12.9. The summed E-state index contributed by atoms with van der Waals surface area (Å²) in [7, 11) is 2.10. The number of hydrogen-bond acceptors (Lipinski definition) is 4. The molecule has 0 bridgehead atoms. The molecule has 1 fully saturated rings. The molecule has 1 saturated heterocycles. The highest BCUT2D eigenvalue weighted by atomic mass is 16.1. The predicted octanol–water partition coefficient (Wildman–Crippen LogP) is 1.46. The fraction of sp³-hybridized carbons (Fsp3) is 0.500. The maximum absolute atomic E-state index is 12.5. The topological polar surface area (TPSA) is 52.7 Å². The van der Waals surface area contributed by atoms with Gasteiger partial charge in [-0.25, -0.2) is 0 Å². The predicted molar refractivity (Wildman–Crippen MR) is 83.6 cm³/mol. The molecule has 114 valence electrons. The van der Waals surface area contributed by atoms with E-state index in [2.05, 4.69) is 22.2 Å². The van der Waals surface area contributed by atoms with Gasteiger partial charge in [0.05, 0.1) is 6.04 Å². The van der Waals surface area contributed by atoms with Gasteiger partial charge in [-0.2, -0.15) is 0 Å². The standard InChI is InChI=1S/C16H23N3O2/c1-12(19-10-8-18(3)9-11-19)16(21)14-4-6-15(7-5-14)17-13(2)20/h4-7,12H,8-11H2,1-3H3,(H,17,20). The van der Waals surface area contributed by atoms with Crippen molar-refractivity contribution in [2.45, 2.75) is 19.9 Å². The van der Waals surface area contributed by atoms with Gasteiger partial charge in [0, 0.05) is 44.4 Å². The number of likely N-dealkylation sites (N-methyl/N-ethyl adjacent to an activating group) is 1. The van der Waals surface area contributed by atoms with Crippen molar-refractivity contribution < 1.29 is 9.59 Å². The van der Waals surface area contributed by atoms with E-state index in [1.165, 1.54) is 6.92 Å². The summed E-state index contributed by atoms with van der Waals surface area (Å²) >= 11 is 0. The molecule has 1 aliphatic heterocycles. The van der Waals surface area contributed by atoms with E-state index in [1.54, 1.807) is 24.3 Å². The molecule has 1 aromatic carbocycles. The first-order valence-electron chi connectivity index (χ1n) is 7.32. The van der Waals surface area contributed by atoms with Crippen LogP contribution in [-0.4, -0.2) is 60.8 Å². The van der Waals surface area contributed by atoms with Crippen LogP contribution >= 0.6 is 0 Å². The zero-order chi connectivity index (χ0) is 15.4. The number of nitrogens with zero attached hydrogens (tertiary/aromatic N) is 2. The Labute approximate surface area is 125 Å². The summed E-state index contributed by atoms with van der Waals surface area (Å²) < 4.78 is 0. The Kier molecular flexibility index (Phi) is 5.09. The van der Waals surface area contributed by atoms with E-state index in [1.807, 2.05) is 6.92 Å². The smallest absolute Gasteiger partial charge is 0.221 e. The van der Waals surface area contributed by atoms with Gasteiger partial charge < -0.3 is 10.2 Å². The maximum Gasteiger partial charge on any atom is 0.221 e. The van der Waals surface area contributed by atoms with Gasteiger partial charge in [-0.05, 0) is 38.2 Å². The van der Waals surface area contributed by atoms with Crippen LogP contribution in [-0.2, 0) is 4.79 Å².